The zero-order valence-corrected chi connectivity index (χ0v) is 13.4. The summed E-state index contributed by atoms with van der Waals surface area (Å²) in [6.45, 7) is 9.13. The molecule has 0 saturated heterocycles. The molecule has 108 valence electrons. The second-order valence-corrected chi connectivity index (χ2v) is 5.96. The summed E-state index contributed by atoms with van der Waals surface area (Å²) < 4.78 is 0. The maximum atomic E-state index is 2.41. The zero-order chi connectivity index (χ0) is 14.1. The monoisotopic (exact) mass is 260 g/mol. The van der Waals surface area contributed by atoms with Gasteiger partial charge in [-0.3, -0.25) is 0 Å². The van der Waals surface area contributed by atoms with Crippen LogP contribution in [0.3, 0.4) is 0 Å². The van der Waals surface area contributed by atoms with E-state index in [1.807, 2.05) is 0 Å². The normalized spacial score (nSPS) is 21.3. The quantitative estimate of drug-likeness (QED) is 0.591. The largest absolute Gasteiger partial charge is 0.0654 e. The van der Waals surface area contributed by atoms with Crippen LogP contribution in [0.1, 0.15) is 83.3 Å². The van der Waals surface area contributed by atoms with Crippen LogP contribution < -0.4 is 0 Å². The van der Waals surface area contributed by atoms with Crippen LogP contribution in [0, 0.1) is 5.92 Å². The molecule has 0 aliphatic heterocycles. The molecular weight excluding hydrogens is 228 g/mol. The lowest BCUT2D eigenvalue weighted by molar-refractivity contribution is 0.381. The number of rotatable bonds is 4. The molecule has 1 unspecified atom stereocenters. The summed E-state index contributed by atoms with van der Waals surface area (Å²) in [5, 5.41) is 0. The van der Waals surface area contributed by atoms with Gasteiger partial charge >= 0.3 is 0 Å². The first-order chi connectivity index (χ1) is 9.24. The third-order valence-electron chi connectivity index (χ3n) is 4.32. The highest BCUT2D eigenvalue weighted by atomic mass is 14.3. The molecule has 2 atom stereocenters. The highest BCUT2D eigenvalue weighted by Crippen LogP contribution is 2.38. The van der Waals surface area contributed by atoms with Crippen molar-refractivity contribution in [2.75, 3.05) is 0 Å². The molecule has 1 aliphatic rings. The molecule has 0 amide bonds. The van der Waals surface area contributed by atoms with Gasteiger partial charge in [-0.15, -0.1) is 0 Å². The number of unbranched alkanes of at least 4 members (excludes halogenated alkanes) is 2. The molecular formula is C19H32. The first-order valence-corrected chi connectivity index (χ1v) is 8.32. The Balaban J connectivity index is 0.000000312. The lowest BCUT2D eigenvalue weighted by Gasteiger charge is -2.31. The van der Waals surface area contributed by atoms with Crippen LogP contribution in [0.5, 0.6) is 0 Å². The number of benzene rings is 1. The summed E-state index contributed by atoms with van der Waals surface area (Å²) in [5.74, 6) is 1.70. The van der Waals surface area contributed by atoms with Crippen molar-refractivity contribution in [1.29, 1.82) is 0 Å². The summed E-state index contributed by atoms with van der Waals surface area (Å²) in [7, 11) is 0. The zero-order valence-electron chi connectivity index (χ0n) is 13.4. The second kappa shape index (κ2) is 9.18. The molecule has 2 rings (SSSR count). The van der Waals surface area contributed by atoms with E-state index in [2.05, 4.69) is 52.0 Å². The van der Waals surface area contributed by atoms with Crippen LogP contribution in [0.25, 0.3) is 0 Å². The van der Waals surface area contributed by atoms with E-state index in [1.165, 1.54) is 44.9 Å². The smallest absolute Gasteiger partial charge is 0.0133 e. The maximum absolute atomic E-state index is 2.41. The Hall–Kier alpha value is -0.780. The van der Waals surface area contributed by atoms with Crippen LogP contribution in [-0.2, 0) is 6.42 Å². The standard InChI is InChI=1S/C14H20.C5H12/c1-3-6-13-11(2)9-10-12-7-4-5-8-14(12)13;1-3-5-4-2/h4-5,7-8,11,13H,3,6,9-10H2,1-2H3;3-5H2,1-2H3/t11?,13-;/m1./s1. The molecule has 0 fully saturated rings. The van der Waals surface area contributed by atoms with E-state index in [0.717, 1.165) is 11.8 Å². The minimum atomic E-state index is 0.824. The average molecular weight is 260 g/mol. The predicted octanol–water partition coefficient (Wildman–Crippen LogP) is 6.35. The van der Waals surface area contributed by atoms with Gasteiger partial charge in [-0.2, -0.15) is 0 Å². The maximum Gasteiger partial charge on any atom is -0.0133 e. The van der Waals surface area contributed by atoms with Crippen molar-refractivity contribution in [3.8, 4) is 0 Å². The lowest BCUT2D eigenvalue weighted by atomic mass is 9.74. The Morgan fingerprint density at radius 1 is 1.00 bits per heavy atom. The fourth-order valence-corrected chi connectivity index (χ4v) is 3.12. The molecule has 0 saturated carbocycles. The minimum absolute atomic E-state index is 0.824. The molecule has 1 aromatic carbocycles. The van der Waals surface area contributed by atoms with Crippen molar-refractivity contribution in [3.63, 3.8) is 0 Å². The van der Waals surface area contributed by atoms with Crippen molar-refractivity contribution in [1.82, 2.24) is 0 Å². The predicted molar refractivity (Wildman–Crippen MR) is 86.8 cm³/mol. The Morgan fingerprint density at radius 2 is 1.68 bits per heavy atom. The first-order valence-electron chi connectivity index (χ1n) is 8.32. The third kappa shape index (κ3) is 5.01. The number of fused-ring (bicyclic) bond motifs is 1. The van der Waals surface area contributed by atoms with Crippen LogP contribution >= 0.6 is 0 Å². The van der Waals surface area contributed by atoms with Gasteiger partial charge in [-0.1, -0.05) is 77.6 Å². The second-order valence-electron chi connectivity index (χ2n) is 5.96. The van der Waals surface area contributed by atoms with Gasteiger partial charge in [0.05, 0.1) is 0 Å². The van der Waals surface area contributed by atoms with E-state index in [4.69, 9.17) is 0 Å². The van der Waals surface area contributed by atoms with Gasteiger partial charge in [0, 0.05) is 0 Å². The molecule has 0 bridgehead atoms. The van der Waals surface area contributed by atoms with Crippen LogP contribution in [0.2, 0.25) is 0 Å². The van der Waals surface area contributed by atoms with Gasteiger partial charge < -0.3 is 0 Å². The molecule has 0 radical (unpaired) electrons. The van der Waals surface area contributed by atoms with Crippen molar-refractivity contribution >= 4 is 0 Å². The SMILES string of the molecule is CCCCC.CCC[C@H]1c2ccccc2CCC1C. The Morgan fingerprint density at radius 3 is 2.26 bits per heavy atom. The number of aryl methyl sites for hydroxylation is 1. The molecule has 0 nitrogen and oxygen atoms in total. The van der Waals surface area contributed by atoms with Crippen molar-refractivity contribution < 1.29 is 0 Å². The summed E-state index contributed by atoms with van der Waals surface area (Å²) >= 11 is 0. The Labute approximate surface area is 120 Å². The lowest BCUT2D eigenvalue weighted by Crippen LogP contribution is -2.18. The Bertz CT molecular complexity index is 338. The molecule has 19 heavy (non-hydrogen) atoms. The molecule has 1 aromatic rings. The fraction of sp³-hybridized carbons (Fsp3) is 0.684. The van der Waals surface area contributed by atoms with Gasteiger partial charge in [0.2, 0.25) is 0 Å². The fourth-order valence-electron chi connectivity index (χ4n) is 3.12. The van der Waals surface area contributed by atoms with E-state index in [-0.39, 0.29) is 0 Å². The van der Waals surface area contributed by atoms with Gasteiger partial charge in [0.25, 0.3) is 0 Å². The molecule has 0 aromatic heterocycles. The summed E-state index contributed by atoms with van der Waals surface area (Å²) in [6, 6.07) is 9.02. The summed E-state index contributed by atoms with van der Waals surface area (Å²) in [4.78, 5) is 0. The van der Waals surface area contributed by atoms with Gasteiger partial charge in [-0.05, 0) is 42.2 Å². The molecule has 0 spiro atoms. The van der Waals surface area contributed by atoms with E-state index >= 15 is 0 Å². The van der Waals surface area contributed by atoms with Crippen molar-refractivity contribution in [2.24, 2.45) is 5.92 Å². The Kier molecular flexibility index (Phi) is 7.86. The van der Waals surface area contributed by atoms with Crippen molar-refractivity contribution in [2.45, 2.75) is 78.6 Å². The van der Waals surface area contributed by atoms with Gasteiger partial charge in [0.15, 0.2) is 0 Å². The van der Waals surface area contributed by atoms with Crippen LogP contribution in [-0.4, -0.2) is 0 Å². The van der Waals surface area contributed by atoms with E-state index in [9.17, 15) is 0 Å². The average Bonchev–Trinajstić information content (AvgIpc) is 2.44. The van der Waals surface area contributed by atoms with Crippen LogP contribution in [0.15, 0.2) is 24.3 Å². The van der Waals surface area contributed by atoms with Gasteiger partial charge in [0.1, 0.15) is 0 Å². The topological polar surface area (TPSA) is 0 Å². The molecule has 1 aliphatic carbocycles. The van der Waals surface area contributed by atoms with Gasteiger partial charge in [-0.25, -0.2) is 0 Å². The van der Waals surface area contributed by atoms with E-state index in [0.29, 0.717) is 0 Å². The summed E-state index contributed by atoms with van der Waals surface area (Å²) in [6.07, 6.45) is 9.41. The summed E-state index contributed by atoms with van der Waals surface area (Å²) in [5.41, 5.74) is 3.23. The number of hydrogen-bond donors (Lipinski definition) is 0. The minimum Gasteiger partial charge on any atom is -0.0654 e. The molecule has 0 N–H and O–H groups in total. The highest BCUT2D eigenvalue weighted by Gasteiger charge is 2.24. The number of hydrogen-bond acceptors (Lipinski definition) is 0. The molecule has 0 heteroatoms. The first kappa shape index (κ1) is 16.3. The van der Waals surface area contributed by atoms with Crippen LogP contribution in [0.4, 0.5) is 0 Å². The third-order valence-corrected chi connectivity index (χ3v) is 4.32. The van der Waals surface area contributed by atoms with Crippen molar-refractivity contribution in [3.05, 3.63) is 35.4 Å². The highest BCUT2D eigenvalue weighted by molar-refractivity contribution is 5.33. The molecule has 0 heterocycles. The van der Waals surface area contributed by atoms with E-state index in [1.54, 1.807) is 11.1 Å². The van der Waals surface area contributed by atoms with E-state index < -0.39 is 0 Å².